The Hall–Kier alpha value is -1.21. The van der Waals surface area contributed by atoms with Crippen molar-refractivity contribution in [3.8, 4) is 0 Å². The van der Waals surface area contributed by atoms with Crippen molar-refractivity contribution in [3.63, 3.8) is 0 Å². The van der Waals surface area contributed by atoms with Crippen molar-refractivity contribution in [2.24, 2.45) is 0 Å². The van der Waals surface area contributed by atoms with Gasteiger partial charge in [-0.1, -0.05) is 0 Å². The zero-order valence-electron chi connectivity index (χ0n) is 12.4. The molecule has 21 heavy (non-hydrogen) atoms. The molecule has 0 radical (unpaired) electrons. The molecule has 2 heterocycles. The Morgan fingerprint density at radius 3 is 2.62 bits per heavy atom. The van der Waals surface area contributed by atoms with E-state index in [0.717, 1.165) is 43.3 Å². The largest absolute Gasteiger partial charge is 0.341 e. The average molecular weight is 310 g/mol. The lowest BCUT2D eigenvalue weighted by molar-refractivity contribution is 0.565. The van der Waals surface area contributed by atoms with Crippen LogP contribution in [0.2, 0.25) is 0 Å². The quantitative estimate of drug-likeness (QED) is 0.888. The molecule has 2 fully saturated rings. The minimum absolute atomic E-state index is 0.193. The Labute approximate surface area is 126 Å². The SMILES string of the molecule is Cc1cc(CNS(=O)(=O)C2CC2)nc(N2CCCCC2)n1. The zero-order valence-corrected chi connectivity index (χ0v) is 13.2. The fourth-order valence-corrected chi connectivity index (χ4v) is 3.95. The van der Waals surface area contributed by atoms with Crippen molar-refractivity contribution in [1.82, 2.24) is 14.7 Å². The highest BCUT2D eigenvalue weighted by Gasteiger charge is 2.35. The van der Waals surface area contributed by atoms with Crippen LogP contribution in [0.4, 0.5) is 5.95 Å². The molecule has 2 aliphatic rings. The summed E-state index contributed by atoms with van der Waals surface area (Å²) < 4.78 is 26.4. The van der Waals surface area contributed by atoms with Crippen LogP contribution in [-0.4, -0.2) is 36.7 Å². The summed E-state index contributed by atoms with van der Waals surface area (Å²) in [5.41, 5.74) is 1.62. The Bertz CT molecular complexity index is 607. The molecule has 0 unspecified atom stereocenters. The Kier molecular flexibility index (Phi) is 4.12. The third-order valence-corrected chi connectivity index (χ3v) is 5.85. The number of sulfonamides is 1. The number of rotatable bonds is 5. The van der Waals surface area contributed by atoms with Crippen molar-refractivity contribution >= 4 is 16.0 Å². The predicted molar refractivity (Wildman–Crippen MR) is 81.6 cm³/mol. The van der Waals surface area contributed by atoms with Crippen LogP contribution in [0, 0.1) is 6.92 Å². The number of aryl methyl sites for hydroxylation is 1. The van der Waals surface area contributed by atoms with E-state index in [1.165, 1.54) is 19.3 Å². The van der Waals surface area contributed by atoms with Crippen molar-refractivity contribution in [2.45, 2.75) is 50.8 Å². The lowest BCUT2D eigenvalue weighted by Gasteiger charge is -2.27. The fourth-order valence-electron chi connectivity index (χ4n) is 2.61. The van der Waals surface area contributed by atoms with Crippen LogP contribution >= 0.6 is 0 Å². The molecule has 1 aromatic rings. The van der Waals surface area contributed by atoms with E-state index in [1.807, 2.05) is 13.0 Å². The van der Waals surface area contributed by atoms with Crippen LogP contribution in [0.5, 0.6) is 0 Å². The monoisotopic (exact) mass is 310 g/mol. The van der Waals surface area contributed by atoms with Gasteiger partial charge in [-0.2, -0.15) is 0 Å². The molecule has 7 heteroatoms. The molecule has 1 saturated carbocycles. The molecule has 1 aromatic heterocycles. The number of nitrogens with one attached hydrogen (secondary N) is 1. The minimum atomic E-state index is -3.16. The molecular weight excluding hydrogens is 288 g/mol. The highest BCUT2D eigenvalue weighted by Crippen LogP contribution is 2.27. The first-order chi connectivity index (χ1) is 10.0. The topological polar surface area (TPSA) is 75.2 Å². The second kappa shape index (κ2) is 5.88. The van der Waals surface area contributed by atoms with E-state index in [-0.39, 0.29) is 11.8 Å². The normalized spacial score (nSPS) is 19.8. The van der Waals surface area contributed by atoms with Crippen LogP contribution in [-0.2, 0) is 16.6 Å². The Morgan fingerprint density at radius 2 is 1.95 bits per heavy atom. The molecule has 1 saturated heterocycles. The lowest BCUT2D eigenvalue weighted by atomic mass is 10.1. The van der Waals surface area contributed by atoms with Crippen LogP contribution in [0.1, 0.15) is 43.5 Å². The Balaban J connectivity index is 1.71. The van der Waals surface area contributed by atoms with E-state index in [0.29, 0.717) is 0 Å². The smallest absolute Gasteiger partial charge is 0.225 e. The third-order valence-electron chi connectivity index (χ3n) is 3.95. The molecule has 1 aliphatic heterocycles. The highest BCUT2D eigenvalue weighted by atomic mass is 32.2. The van der Waals surface area contributed by atoms with Crippen LogP contribution < -0.4 is 9.62 Å². The van der Waals surface area contributed by atoms with Gasteiger partial charge >= 0.3 is 0 Å². The summed E-state index contributed by atoms with van der Waals surface area (Å²) >= 11 is 0. The van der Waals surface area contributed by atoms with E-state index < -0.39 is 10.0 Å². The van der Waals surface area contributed by atoms with Gasteiger partial charge in [-0.25, -0.2) is 23.1 Å². The molecule has 0 bridgehead atoms. The second-order valence-electron chi connectivity index (χ2n) is 5.91. The van der Waals surface area contributed by atoms with Crippen LogP contribution in [0.15, 0.2) is 6.07 Å². The lowest BCUT2D eigenvalue weighted by Crippen LogP contribution is -2.32. The number of hydrogen-bond donors (Lipinski definition) is 1. The molecular formula is C14H22N4O2S. The van der Waals surface area contributed by atoms with Gasteiger partial charge in [-0.05, 0) is 45.1 Å². The fraction of sp³-hybridized carbons (Fsp3) is 0.714. The third kappa shape index (κ3) is 3.71. The first kappa shape index (κ1) is 14.7. The molecule has 0 atom stereocenters. The summed E-state index contributed by atoms with van der Waals surface area (Å²) in [4.78, 5) is 11.2. The van der Waals surface area contributed by atoms with Gasteiger partial charge in [0.25, 0.3) is 0 Å². The molecule has 1 aliphatic carbocycles. The van der Waals surface area contributed by atoms with E-state index >= 15 is 0 Å². The average Bonchev–Trinajstić information content (AvgIpc) is 3.31. The predicted octanol–water partition coefficient (Wildman–Crippen LogP) is 1.36. The van der Waals surface area contributed by atoms with Crippen LogP contribution in [0.25, 0.3) is 0 Å². The van der Waals surface area contributed by atoms with Gasteiger partial charge in [0.05, 0.1) is 17.5 Å². The van der Waals surface area contributed by atoms with Gasteiger partial charge < -0.3 is 4.90 Å². The molecule has 6 nitrogen and oxygen atoms in total. The molecule has 116 valence electrons. The van der Waals surface area contributed by atoms with Crippen LogP contribution in [0.3, 0.4) is 0 Å². The molecule has 0 spiro atoms. The maximum absolute atomic E-state index is 11.9. The summed E-state index contributed by atoms with van der Waals surface area (Å²) in [6.07, 6.45) is 5.15. The Morgan fingerprint density at radius 1 is 1.24 bits per heavy atom. The number of aromatic nitrogens is 2. The number of nitrogens with zero attached hydrogens (tertiary/aromatic N) is 3. The summed E-state index contributed by atoms with van der Waals surface area (Å²) in [5.74, 6) is 0.732. The van der Waals surface area contributed by atoms with E-state index in [1.54, 1.807) is 0 Å². The molecule has 0 aromatic carbocycles. The number of hydrogen-bond acceptors (Lipinski definition) is 5. The molecule has 1 N–H and O–H groups in total. The molecule has 3 rings (SSSR count). The highest BCUT2D eigenvalue weighted by molar-refractivity contribution is 7.90. The molecule has 0 amide bonds. The summed E-state index contributed by atoms with van der Waals surface area (Å²) in [6.45, 7) is 4.14. The van der Waals surface area contributed by atoms with E-state index in [2.05, 4.69) is 19.6 Å². The summed E-state index contributed by atoms with van der Waals surface area (Å²) in [5, 5.41) is -0.193. The van der Waals surface area contributed by atoms with Gasteiger partial charge in [0.2, 0.25) is 16.0 Å². The second-order valence-corrected chi connectivity index (χ2v) is 7.96. The van der Waals surface area contributed by atoms with E-state index in [9.17, 15) is 8.42 Å². The van der Waals surface area contributed by atoms with Gasteiger partial charge in [-0.3, -0.25) is 0 Å². The van der Waals surface area contributed by atoms with Crippen molar-refractivity contribution in [2.75, 3.05) is 18.0 Å². The minimum Gasteiger partial charge on any atom is -0.341 e. The van der Waals surface area contributed by atoms with Gasteiger partial charge in [-0.15, -0.1) is 0 Å². The van der Waals surface area contributed by atoms with Gasteiger partial charge in [0.15, 0.2) is 0 Å². The summed E-state index contributed by atoms with van der Waals surface area (Å²) in [6, 6.07) is 1.85. The van der Waals surface area contributed by atoms with Gasteiger partial charge in [0, 0.05) is 18.8 Å². The maximum Gasteiger partial charge on any atom is 0.225 e. The van der Waals surface area contributed by atoms with E-state index in [4.69, 9.17) is 0 Å². The van der Waals surface area contributed by atoms with Crippen molar-refractivity contribution < 1.29 is 8.42 Å². The first-order valence-electron chi connectivity index (χ1n) is 7.62. The van der Waals surface area contributed by atoms with Crippen molar-refractivity contribution in [3.05, 3.63) is 17.5 Å². The first-order valence-corrected chi connectivity index (χ1v) is 9.17. The summed E-state index contributed by atoms with van der Waals surface area (Å²) in [7, 11) is -3.16. The van der Waals surface area contributed by atoms with Gasteiger partial charge in [0.1, 0.15) is 0 Å². The zero-order chi connectivity index (χ0) is 14.9. The number of piperidine rings is 1. The maximum atomic E-state index is 11.9. The van der Waals surface area contributed by atoms with Crippen molar-refractivity contribution in [1.29, 1.82) is 0 Å². The standard InChI is InChI=1S/C14H22N4O2S/c1-11-9-12(10-15-21(19,20)13-5-6-13)17-14(16-11)18-7-3-2-4-8-18/h9,13,15H,2-8,10H2,1H3. The number of anilines is 1.